The summed E-state index contributed by atoms with van der Waals surface area (Å²) in [5.41, 5.74) is 0.979. The molecule has 0 amide bonds. The van der Waals surface area contributed by atoms with Crippen LogP contribution in [0.3, 0.4) is 0 Å². The van der Waals surface area contributed by atoms with Crippen LogP contribution in [0.5, 0.6) is 0 Å². The van der Waals surface area contributed by atoms with Gasteiger partial charge in [-0.15, -0.1) is 0 Å². The minimum absolute atomic E-state index is 0.489. The molecular weight excluding hydrogens is 208 g/mol. The van der Waals surface area contributed by atoms with E-state index in [-0.39, 0.29) is 0 Å². The second kappa shape index (κ2) is 5.73. The van der Waals surface area contributed by atoms with Gasteiger partial charge in [0.1, 0.15) is 0 Å². The van der Waals surface area contributed by atoms with Crippen molar-refractivity contribution in [3.63, 3.8) is 0 Å². The van der Waals surface area contributed by atoms with Crippen LogP contribution in [-0.4, -0.2) is 13.2 Å². The Kier molecular flexibility index (Phi) is 4.52. The number of ether oxygens (including phenoxy) is 1. The second-order valence-corrected chi connectivity index (χ2v) is 7.24. The van der Waals surface area contributed by atoms with Crippen molar-refractivity contribution >= 4 is 0 Å². The van der Waals surface area contributed by atoms with Gasteiger partial charge >= 0.3 is 0 Å². The summed E-state index contributed by atoms with van der Waals surface area (Å²) in [5, 5.41) is 0. The summed E-state index contributed by atoms with van der Waals surface area (Å²) in [4.78, 5) is 0. The van der Waals surface area contributed by atoms with Crippen molar-refractivity contribution < 1.29 is 4.74 Å². The molecule has 1 nitrogen and oxygen atoms in total. The van der Waals surface area contributed by atoms with Gasteiger partial charge in [0.2, 0.25) is 0 Å². The molecule has 0 N–H and O–H groups in total. The Labute approximate surface area is 107 Å². The van der Waals surface area contributed by atoms with E-state index in [0.717, 1.165) is 13.2 Å². The van der Waals surface area contributed by atoms with Gasteiger partial charge in [0, 0.05) is 0 Å². The van der Waals surface area contributed by atoms with Crippen LogP contribution >= 0.6 is 0 Å². The van der Waals surface area contributed by atoms with Crippen molar-refractivity contribution in [1.82, 2.24) is 0 Å². The maximum atomic E-state index is 6.12. The molecule has 100 valence electrons. The van der Waals surface area contributed by atoms with Gasteiger partial charge in [-0.25, -0.2) is 0 Å². The normalized spacial score (nSPS) is 27.9. The SMILES string of the molecule is CC1(COCC2(C)CCCCC2)CCCCC1. The van der Waals surface area contributed by atoms with E-state index < -0.39 is 0 Å². The quantitative estimate of drug-likeness (QED) is 0.674. The fourth-order valence-corrected chi connectivity index (χ4v) is 3.64. The Morgan fingerprint density at radius 2 is 1.00 bits per heavy atom. The Hall–Kier alpha value is -0.0400. The summed E-state index contributed by atoms with van der Waals surface area (Å²) < 4.78 is 6.12. The molecule has 0 radical (unpaired) electrons. The number of hydrogen-bond donors (Lipinski definition) is 0. The third-order valence-corrected chi connectivity index (χ3v) is 5.02. The molecule has 0 unspecified atom stereocenters. The molecule has 2 fully saturated rings. The molecule has 0 aromatic heterocycles. The smallest absolute Gasteiger partial charge is 0.0520 e. The standard InChI is InChI=1S/C16H30O/c1-15(9-5-3-6-10-15)13-17-14-16(2)11-7-4-8-12-16/h3-14H2,1-2H3. The maximum absolute atomic E-state index is 6.12. The molecule has 0 aromatic rings. The molecule has 0 bridgehead atoms. The lowest BCUT2D eigenvalue weighted by atomic mass is 9.75. The lowest BCUT2D eigenvalue weighted by molar-refractivity contribution is -0.0210. The predicted molar refractivity (Wildman–Crippen MR) is 73.2 cm³/mol. The van der Waals surface area contributed by atoms with Crippen molar-refractivity contribution in [1.29, 1.82) is 0 Å². The first-order valence-corrected chi connectivity index (χ1v) is 7.70. The van der Waals surface area contributed by atoms with Crippen molar-refractivity contribution in [2.75, 3.05) is 13.2 Å². The minimum Gasteiger partial charge on any atom is -0.380 e. The molecule has 1 heteroatoms. The van der Waals surface area contributed by atoms with E-state index in [1.807, 2.05) is 0 Å². The monoisotopic (exact) mass is 238 g/mol. The van der Waals surface area contributed by atoms with Crippen LogP contribution in [0.2, 0.25) is 0 Å². The molecule has 17 heavy (non-hydrogen) atoms. The lowest BCUT2D eigenvalue weighted by Crippen LogP contribution is -2.31. The Morgan fingerprint density at radius 1 is 0.647 bits per heavy atom. The zero-order valence-electron chi connectivity index (χ0n) is 11.9. The van der Waals surface area contributed by atoms with Gasteiger partial charge in [-0.3, -0.25) is 0 Å². The van der Waals surface area contributed by atoms with E-state index in [9.17, 15) is 0 Å². The van der Waals surface area contributed by atoms with Crippen LogP contribution in [0.15, 0.2) is 0 Å². The van der Waals surface area contributed by atoms with E-state index in [4.69, 9.17) is 4.74 Å². The molecule has 2 aliphatic carbocycles. The zero-order valence-corrected chi connectivity index (χ0v) is 11.9. The Morgan fingerprint density at radius 3 is 1.35 bits per heavy atom. The van der Waals surface area contributed by atoms with E-state index >= 15 is 0 Å². The molecule has 0 aliphatic heterocycles. The number of rotatable bonds is 4. The van der Waals surface area contributed by atoms with Crippen LogP contribution in [0.1, 0.15) is 78.1 Å². The van der Waals surface area contributed by atoms with Crippen LogP contribution in [-0.2, 0) is 4.74 Å². The third-order valence-electron chi connectivity index (χ3n) is 5.02. The van der Waals surface area contributed by atoms with E-state index in [0.29, 0.717) is 10.8 Å². The highest BCUT2D eigenvalue weighted by atomic mass is 16.5. The summed E-state index contributed by atoms with van der Waals surface area (Å²) in [6.07, 6.45) is 14.0. The minimum atomic E-state index is 0.489. The maximum Gasteiger partial charge on any atom is 0.0520 e. The zero-order chi connectivity index (χ0) is 12.2. The first kappa shape index (κ1) is 13.4. The largest absolute Gasteiger partial charge is 0.380 e. The first-order chi connectivity index (χ1) is 8.12. The summed E-state index contributed by atoms with van der Waals surface area (Å²) >= 11 is 0. The molecule has 0 spiro atoms. The highest BCUT2D eigenvalue weighted by molar-refractivity contribution is 4.81. The van der Waals surface area contributed by atoms with Gasteiger partial charge in [-0.1, -0.05) is 52.4 Å². The van der Waals surface area contributed by atoms with Gasteiger partial charge in [-0.2, -0.15) is 0 Å². The average Bonchev–Trinajstić information content (AvgIpc) is 2.30. The van der Waals surface area contributed by atoms with Crippen LogP contribution in [0, 0.1) is 10.8 Å². The molecule has 2 aliphatic rings. The van der Waals surface area contributed by atoms with Crippen molar-refractivity contribution in [3.05, 3.63) is 0 Å². The predicted octanol–water partition coefficient (Wildman–Crippen LogP) is 4.94. The van der Waals surface area contributed by atoms with Crippen LogP contribution < -0.4 is 0 Å². The Balaban J connectivity index is 1.70. The third kappa shape index (κ3) is 3.98. The lowest BCUT2D eigenvalue weighted by Gasteiger charge is -2.37. The molecule has 0 atom stereocenters. The van der Waals surface area contributed by atoms with E-state index in [1.165, 1.54) is 64.2 Å². The number of hydrogen-bond acceptors (Lipinski definition) is 1. The highest BCUT2D eigenvalue weighted by Crippen LogP contribution is 2.38. The van der Waals surface area contributed by atoms with Crippen molar-refractivity contribution in [2.45, 2.75) is 78.1 Å². The average molecular weight is 238 g/mol. The Bertz CT molecular complexity index is 198. The molecule has 2 rings (SSSR count). The molecular formula is C16H30O. The van der Waals surface area contributed by atoms with Crippen molar-refractivity contribution in [3.8, 4) is 0 Å². The molecule has 2 saturated carbocycles. The summed E-state index contributed by atoms with van der Waals surface area (Å²) in [7, 11) is 0. The topological polar surface area (TPSA) is 9.23 Å². The van der Waals surface area contributed by atoms with Crippen molar-refractivity contribution in [2.24, 2.45) is 10.8 Å². The summed E-state index contributed by atoms with van der Waals surface area (Å²) in [6, 6.07) is 0. The molecule has 0 heterocycles. The van der Waals surface area contributed by atoms with E-state index in [1.54, 1.807) is 0 Å². The second-order valence-electron chi connectivity index (χ2n) is 7.24. The van der Waals surface area contributed by atoms with Crippen LogP contribution in [0.25, 0.3) is 0 Å². The van der Waals surface area contributed by atoms with E-state index in [2.05, 4.69) is 13.8 Å². The van der Waals surface area contributed by atoms with Gasteiger partial charge in [0.15, 0.2) is 0 Å². The fraction of sp³-hybridized carbons (Fsp3) is 1.00. The van der Waals surface area contributed by atoms with Gasteiger partial charge in [-0.05, 0) is 36.5 Å². The molecule has 0 aromatic carbocycles. The summed E-state index contributed by atoms with van der Waals surface area (Å²) in [6.45, 7) is 6.86. The van der Waals surface area contributed by atoms with Gasteiger partial charge < -0.3 is 4.74 Å². The summed E-state index contributed by atoms with van der Waals surface area (Å²) in [5.74, 6) is 0. The highest BCUT2D eigenvalue weighted by Gasteiger charge is 2.30. The fourth-order valence-electron chi connectivity index (χ4n) is 3.64. The van der Waals surface area contributed by atoms with Gasteiger partial charge in [0.25, 0.3) is 0 Å². The molecule has 0 saturated heterocycles. The van der Waals surface area contributed by atoms with Gasteiger partial charge in [0.05, 0.1) is 13.2 Å². The van der Waals surface area contributed by atoms with Crippen LogP contribution in [0.4, 0.5) is 0 Å². The first-order valence-electron chi connectivity index (χ1n) is 7.70.